The molecule has 5 aromatic rings. The Balaban J connectivity index is 1.31. The molecule has 5 rings (SSSR count). The fraction of sp³-hybridized carbons (Fsp3) is 0.0800. The van der Waals surface area contributed by atoms with Gasteiger partial charge in [-0.1, -0.05) is 23.4 Å². The highest BCUT2D eigenvalue weighted by molar-refractivity contribution is 5.88. The van der Waals surface area contributed by atoms with Gasteiger partial charge in [-0.05, 0) is 49.4 Å². The van der Waals surface area contributed by atoms with Crippen LogP contribution in [0.3, 0.4) is 0 Å². The van der Waals surface area contributed by atoms with Crippen LogP contribution >= 0.6 is 0 Å². The van der Waals surface area contributed by atoms with Crippen molar-refractivity contribution >= 4 is 12.0 Å². The second-order valence-electron chi connectivity index (χ2n) is 7.32. The minimum absolute atomic E-state index is 0.149. The fourth-order valence-electron chi connectivity index (χ4n) is 3.24. The van der Waals surface area contributed by atoms with Gasteiger partial charge in [-0.3, -0.25) is 4.98 Å². The Hall–Kier alpha value is -4.79. The summed E-state index contributed by atoms with van der Waals surface area (Å²) in [6.45, 7) is 1.71. The molecule has 0 unspecified atom stereocenters. The maximum Gasteiger partial charge on any atom is 0.331 e. The molecular formula is C25H19N5O4. The Labute approximate surface area is 194 Å². The topological polar surface area (TPSA) is 109 Å². The molecule has 9 heteroatoms. The molecule has 1 aromatic carbocycles. The number of ether oxygens (including phenoxy) is 1. The summed E-state index contributed by atoms with van der Waals surface area (Å²) < 4.78 is 17.9. The van der Waals surface area contributed by atoms with Crippen molar-refractivity contribution in [3.63, 3.8) is 0 Å². The van der Waals surface area contributed by atoms with Crippen LogP contribution in [-0.2, 0) is 16.1 Å². The molecule has 0 saturated carbocycles. The largest absolute Gasteiger partial charge is 0.460 e. The lowest BCUT2D eigenvalue weighted by molar-refractivity contribution is -0.139. The molecular weight excluding hydrogens is 434 g/mol. The lowest BCUT2D eigenvalue weighted by Crippen LogP contribution is -2.01. The van der Waals surface area contributed by atoms with Gasteiger partial charge in [0.1, 0.15) is 11.5 Å². The van der Waals surface area contributed by atoms with E-state index >= 15 is 0 Å². The molecule has 0 saturated heterocycles. The quantitative estimate of drug-likeness (QED) is 0.259. The van der Waals surface area contributed by atoms with Gasteiger partial charge >= 0.3 is 5.97 Å². The van der Waals surface area contributed by atoms with Crippen LogP contribution in [0.1, 0.15) is 17.2 Å². The molecule has 9 nitrogen and oxygen atoms in total. The SMILES string of the molecule is Cc1ccc(-c2nn(-c3ccccc3)cc2/C=C/C(=O)OCc2nc(-c3cccnc3)no2)o1. The molecule has 0 N–H and O–H groups in total. The van der Waals surface area contributed by atoms with Crippen LogP contribution in [0, 0.1) is 6.92 Å². The first-order chi connectivity index (χ1) is 16.7. The van der Waals surface area contributed by atoms with E-state index in [0.29, 0.717) is 28.4 Å². The minimum atomic E-state index is -0.560. The smallest absolute Gasteiger partial charge is 0.331 e. The van der Waals surface area contributed by atoms with E-state index in [-0.39, 0.29) is 12.5 Å². The molecule has 0 spiro atoms. The molecule has 0 aliphatic rings. The Morgan fingerprint density at radius 2 is 2.00 bits per heavy atom. The normalized spacial score (nSPS) is 11.2. The zero-order chi connectivity index (χ0) is 23.3. The summed E-state index contributed by atoms with van der Waals surface area (Å²) in [7, 11) is 0. The molecule has 34 heavy (non-hydrogen) atoms. The molecule has 168 valence electrons. The molecule has 0 aliphatic heterocycles. The van der Waals surface area contributed by atoms with E-state index in [1.54, 1.807) is 29.2 Å². The summed E-state index contributed by atoms with van der Waals surface area (Å²) in [5, 5.41) is 8.53. The molecule has 0 fully saturated rings. The number of para-hydroxylation sites is 1. The van der Waals surface area contributed by atoms with E-state index in [0.717, 1.165) is 11.4 Å². The number of rotatable bonds is 7. The predicted octanol–water partition coefficient (Wildman–Crippen LogP) is 4.64. The van der Waals surface area contributed by atoms with Gasteiger partial charge in [0, 0.05) is 35.8 Å². The Morgan fingerprint density at radius 3 is 2.76 bits per heavy atom. The van der Waals surface area contributed by atoms with Gasteiger partial charge in [-0.2, -0.15) is 10.1 Å². The summed E-state index contributed by atoms with van der Waals surface area (Å²) in [4.78, 5) is 20.6. The highest BCUT2D eigenvalue weighted by atomic mass is 16.6. The van der Waals surface area contributed by atoms with Gasteiger partial charge < -0.3 is 13.7 Å². The van der Waals surface area contributed by atoms with Crippen LogP contribution in [-0.4, -0.2) is 30.9 Å². The zero-order valence-electron chi connectivity index (χ0n) is 18.2. The van der Waals surface area contributed by atoms with E-state index < -0.39 is 5.97 Å². The number of carbonyl (C=O) groups is 1. The van der Waals surface area contributed by atoms with E-state index in [2.05, 4.69) is 20.2 Å². The minimum Gasteiger partial charge on any atom is -0.460 e. The first kappa shape index (κ1) is 21.1. The molecule has 0 radical (unpaired) electrons. The van der Waals surface area contributed by atoms with E-state index in [9.17, 15) is 4.79 Å². The van der Waals surface area contributed by atoms with Crippen LogP contribution in [0.25, 0.3) is 34.6 Å². The number of benzene rings is 1. The first-order valence-corrected chi connectivity index (χ1v) is 10.5. The molecule has 0 bridgehead atoms. The summed E-state index contributed by atoms with van der Waals surface area (Å²) in [6.07, 6.45) is 8.06. The third kappa shape index (κ3) is 4.68. The van der Waals surface area contributed by atoms with E-state index in [1.165, 1.54) is 6.08 Å². The number of hydrogen-bond acceptors (Lipinski definition) is 8. The number of furan rings is 1. The van der Waals surface area contributed by atoms with E-state index in [1.807, 2.05) is 61.7 Å². The Kier molecular flexibility index (Phi) is 5.81. The van der Waals surface area contributed by atoms with Crippen LogP contribution in [0.15, 0.2) is 88.2 Å². The molecule has 0 amide bonds. The molecule has 4 aromatic heterocycles. The molecule has 0 aliphatic carbocycles. The monoisotopic (exact) mass is 453 g/mol. The zero-order valence-corrected chi connectivity index (χ0v) is 18.2. The second-order valence-corrected chi connectivity index (χ2v) is 7.32. The fourth-order valence-corrected chi connectivity index (χ4v) is 3.24. The van der Waals surface area contributed by atoms with Crippen molar-refractivity contribution in [2.24, 2.45) is 0 Å². The Bertz CT molecular complexity index is 1430. The lowest BCUT2D eigenvalue weighted by Gasteiger charge is -1.98. The first-order valence-electron chi connectivity index (χ1n) is 10.5. The summed E-state index contributed by atoms with van der Waals surface area (Å²) in [6, 6.07) is 17.0. The van der Waals surface area contributed by atoms with Gasteiger partial charge in [0.15, 0.2) is 12.4 Å². The standard InChI is InChI=1S/C25H19N5O4/c1-17-9-11-21(33-17)24-19(15-30(28-24)20-7-3-2-4-8-20)10-12-23(31)32-16-22-27-25(29-34-22)18-6-5-13-26-14-18/h2-15H,16H2,1H3/b12-10+. The van der Waals surface area contributed by atoms with Crippen LogP contribution in [0.4, 0.5) is 0 Å². The average Bonchev–Trinajstić information content (AvgIpc) is 3.62. The second kappa shape index (κ2) is 9.37. The van der Waals surface area contributed by atoms with Crippen LogP contribution in [0.5, 0.6) is 0 Å². The van der Waals surface area contributed by atoms with Crippen LogP contribution in [0.2, 0.25) is 0 Å². The van der Waals surface area contributed by atoms with Gasteiger partial charge in [-0.25, -0.2) is 9.48 Å². The molecule has 0 atom stereocenters. The van der Waals surface area contributed by atoms with Crippen molar-refractivity contribution in [1.82, 2.24) is 24.9 Å². The molecule has 4 heterocycles. The maximum atomic E-state index is 12.3. The highest BCUT2D eigenvalue weighted by Crippen LogP contribution is 2.26. The Morgan fingerprint density at radius 1 is 1.12 bits per heavy atom. The highest BCUT2D eigenvalue weighted by Gasteiger charge is 2.15. The average molecular weight is 453 g/mol. The van der Waals surface area contributed by atoms with E-state index in [4.69, 9.17) is 13.7 Å². The third-order valence-electron chi connectivity index (χ3n) is 4.86. The summed E-state index contributed by atoms with van der Waals surface area (Å²) >= 11 is 0. The number of pyridine rings is 1. The van der Waals surface area contributed by atoms with Crippen molar-refractivity contribution in [2.75, 3.05) is 0 Å². The van der Waals surface area contributed by atoms with Gasteiger partial charge in [0.2, 0.25) is 5.82 Å². The van der Waals surface area contributed by atoms with Crippen molar-refractivity contribution in [3.05, 3.63) is 96.5 Å². The third-order valence-corrected chi connectivity index (χ3v) is 4.86. The van der Waals surface area contributed by atoms with Gasteiger partial charge in [0.05, 0.1) is 5.69 Å². The number of aromatic nitrogens is 5. The predicted molar refractivity (Wildman–Crippen MR) is 122 cm³/mol. The van der Waals surface area contributed by atoms with Crippen molar-refractivity contribution < 1.29 is 18.5 Å². The summed E-state index contributed by atoms with van der Waals surface area (Å²) in [5.74, 6) is 1.37. The number of carbonyl (C=O) groups excluding carboxylic acids is 1. The maximum absolute atomic E-state index is 12.3. The van der Waals surface area contributed by atoms with Crippen LogP contribution < -0.4 is 0 Å². The van der Waals surface area contributed by atoms with Crippen molar-refractivity contribution in [2.45, 2.75) is 13.5 Å². The number of hydrogen-bond donors (Lipinski definition) is 0. The number of nitrogens with zero attached hydrogens (tertiary/aromatic N) is 5. The number of aryl methyl sites for hydroxylation is 1. The van der Waals surface area contributed by atoms with Gasteiger partial charge in [-0.15, -0.1) is 0 Å². The van der Waals surface area contributed by atoms with Crippen molar-refractivity contribution in [3.8, 4) is 28.5 Å². The van der Waals surface area contributed by atoms with Gasteiger partial charge in [0.25, 0.3) is 5.89 Å². The number of esters is 1. The van der Waals surface area contributed by atoms with Crippen molar-refractivity contribution in [1.29, 1.82) is 0 Å². The lowest BCUT2D eigenvalue weighted by atomic mass is 10.2. The summed E-state index contributed by atoms with van der Waals surface area (Å²) in [5.41, 5.74) is 2.90.